The van der Waals surface area contributed by atoms with Crippen molar-refractivity contribution in [1.29, 1.82) is 0 Å². The van der Waals surface area contributed by atoms with E-state index in [1.807, 2.05) is 28.2 Å². The third-order valence-corrected chi connectivity index (χ3v) is 2.56. The van der Waals surface area contributed by atoms with Crippen LogP contribution < -0.4 is 0 Å². The van der Waals surface area contributed by atoms with Crippen LogP contribution in [0.2, 0.25) is 0 Å². The molecule has 0 spiro atoms. The second-order valence-corrected chi connectivity index (χ2v) is 4.97. The molecule has 0 rings (SSSR count). The zero-order chi connectivity index (χ0) is 14.5. The van der Waals surface area contributed by atoms with Crippen LogP contribution in [-0.2, 0) is 14.3 Å². The predicted molar refractivity (Wildman–Crippen MR) is 76.4 cm³/mol. The third-order valence-electron chi connectivity index (χ3n) is 2.56. The maximum Gasteiger partial charge on any atom is 0.209 e. The number of ether oxygens (including phenoxy) is 2. The van der Waals surface area contributed by atoms with Crippen molar-refractivity contribution in [3.63, 3.8) is 0 Å². The number of hydrogen-bond acceptors (Lipinski definition) is 5. The first-order valence-electron chi connectivity index (χ1n) is 6.70. The van der Waals surface area contributed by atoms with Gasteiger partial charge in [-0.3, -0.25) is 4.79 Å². The molecule has 114 valence electrons. The van der Waals surface area contributed by atoms with E-state index in [0.717, 1.165) is 19.5 Å². The highest BCUT2D eigenvalue weighted by Crippen LogP contribution is 1.87. The number of rotatable bonds is 13. The third kappa shape index (κ3) is 13.5. The van der Waals surface area contributed by atoms with E-state index in [1.165, 1.54) is 0 Å². The number of nitrogens with zero attached hydrogens (tertiary/aromatic N) is 3. The van der Waals surface area contributed by atoms with Gasteiger partial charge in [-0.25, -0.2) is 0 Å². The molecular formula is C13H29N3O3. The zero-order valence-corrected chi connectivity index (χ0v) is 12.8. The Kier molecular flexibility index (Phi) is 11.9. The smallest absolute Gasteiger partial charge is 0.209 e. The number of carbonyl (C=O) groups excluding carboxylic acids is 1. The molecule has 0 atom stereocenters. The van der Waals surface area contributed by atoms with E-state index in [2.05, 4.69) is 9.80 Å². The van der Waals surface area contributed by atoms with Crippen LogP contribution in [-0.4, -0.2) is 102 Å². The summed E-state index contributed by atoms with van der Waals surface area (Å²) in [4.78, 5) is 16.7. The molecule has 0 radical (unpaired) electrons. The summed E-state index contributed by atoms with van der Waals surface area (Å²) < 4.78 is 10.9. The topological polar surface area (TPSA) is 45.3 Å². The van der Waals surface area contributed by atoms with E-state index in [-0.39, 0.29) is 0 Å². The summed E-state index contributed by atoms with van der Waals surface area (Å²) in [5.74, 6) is 0. The van der Waals surface area contributed by atoms with Crippen molar-refractivity contribution in [2.75, 3.05) is 80.8 Å². The van der Waals surface area contributed by atoms with Crippen LogP contribution in [0.15, 0.2) is 0 Å². The molecule has 0 heterocycles. The summed E-state index contributed by atoms with van der Waals surface area (Å²) in [6.07, 6.45) is 0.852. The molecule has 0 aliphatic heterocycles. The maximum absolute atomic E-state index is 10.8. The molecule has 0 bridgehead atoms. The Balaban J connectivity index is 3.42. The molecule has 0 aromatic rings. The summed E-state index contributed by atoms with van der Waals surface area (Å²) in [7, 11) is 8.02. The van der Waals surface area contributed by atoms with Gasteiger partial charge in [-0.15, -0.1) is 0 Å². The summed E-state index contributed by atoms with van der Waals surface area (Å²) in [6.45, 7) is 5.57. The van der Waals surface area contributed by atoms with Crippen LogP contribution in [0.3, 0.4) is 0 Å². The van der Waals surface area contributed by atoms with E-state index < -0.39 is 0 Å². The fraction of sp³-hybridized carbons (Fsp3) is 0.923. The Labute approximate surface area is 117 Å². The Morgan fingerprint density at radius 2 is 1.11 bits per heavy atom. The first-order valence-corrected chi connectivity index (χ1v) is 6.70. The molecule has 0 saturated heterocycles. The summed E-state index contributed by atoms with van der Waals surface area (Å²) in [5.41, 5.74) is 0. The molecule has 0 aliphatic rings. The fourth-order valence-corrected chi connectivity index (χ4v) is 1.28. The minimum Gasteiger partial charge on any atom is -0.378 e. The van der Waals surface area contributed by atoms with Crippen molar-refractivity contribution < 1.29 is 14.3 Å². The van der Waals surface area contributed by atoms with Crippen LogP contribution in [0.1, 0.15) is 0 Å². The lowest BCUT2D eigenvalue weighted by atomic mass is 10.5. The Bertz CT molecular complexity index is 195. The zero-order valence-electron chi connectivity index (χ0n) is 12.8. The van der Waals surface area contributed by atoms with Crippen LogP contribution >= 0.6 is 0 Å². The van der Waals surface area contributed by atoms with Gasteiger partial charge in [-0.2, -0.15) is 0 Å². The number of likely N-dealkylation sites (N-methyl/N-ethyl adjacent to an activating group) is 2. The molecule has 0 unspecified atom stereocenters. The van der Waals surface area contributed by atoms with E-state index in [0.29, 0.717) is 39.5 Å². The van der Waals surface area contributed by atoms with Crippen molar-refractivity contribution in [2.45, 2.75) is 0 Å². The molecule has 0 aliphatic carbocycles. The molecule has 6 nitrogen and oxygen atoms in total. The molecule has 0 fully saturated rings. The highest BCUT2D eigenvalue weighted by molar-refractivity contribution is 5.46. The second-order valence-electron chi connectivity index (χ2n) is 4.97. The summed E-state index contributed by atoms with van der Waals surface area (Å²) >= 11 is 0. The minimum atomic E-state index is 0.574. The molecule has 19 heavy (non-hydrogen) atoms. The van der Waals surface area contributed by atoms with Crippen molar-refractivity contribution in [2.24, 2.45) is 0 Å². The van der Waals surface area contributed by atoms with Crippen molar-refractivity contribution in [3.05, 3.63) is 0 Å². The quantitative estimate of drug-likeness (QED) is 0.338. The van der Waals surface area contributed by atoms with Gasteiger partial charge in [0.25, 0.3) is 0 Å². The number of hydrogen-bond donors (Lipinski definition) is 0. The Hall–Kier alpha value is -0.690. The van der Waals surface area contributed by atoms with Crippen LogP contribution in [0.4, 0.5) is 0 Å². The molecule has 6 heteroatoms. The van der Waals surface area contributed by atoms with Crippen molar-refractivity contribution in [3.8, 4) is 0 Å². The van der Waals surface area contributed by atoms with Crippen LogP contribution in [0, 0.1) is 0 Å². The Morgan fingerprint density at radius 1 is 0.737 bits per heavy atom. The molecule has 0 saturated carbocycles. The van der Waals surface area contributed by atoms with Gasteiger partial charge in [0, 0.05) is 26.2 Å². The molecular weight excluding hydrogens is 246 g/mol. The lowest BCUT2D eigenvalue weighted by molar-refractivity contribution is -0.119. The first kappa shape index (κ1) is 18.3. The summed E-state index contributed by atoms with van der Waals surface area (Å²) in [6, 6.07) is 0. The van der Waals surface area contributed by atoms with Crippen LogP contribution in [0.25, 0.3) is 0 Å². The van der Waals surface area contributed by atoms with Crippen molar-refractivity contribution in [1.82, 2.24) is 14.7 Å². The average Bonchev–Trinajstić information content (AvgIpc) is 2.34. The van der Waals surface area contributed by atoms with Gasteiger partial charge >= 0.3 is 0 Å². The predicted octanol–water partition coefficient (Wildman–Crippen LogP) is -0.399. The minimum absolute atomic E-state index is 0.574. The van der Waals surface area contributed by atoms with Gasteiger partial charge in [0.05, 0.1) is 26.4 Å². The normalized spacial score (nSPS) is 11.3. The maximum atomic E-state index is 10.8. The standard InChI is InChI=1S/C13H29N3O3/c1-14(2)5-9-18-11-7-16(13-17)8-12-19-10-6-15(3)4/h13H,5-12H2,1-4H3. The Morgan fingerprint density at radius 3 is 1.42 bits per heavy atom. The number of amides is 1. The average molecular weight is 275 g/mol. The van der Waals surface area contributed by atoms with E-state index in [9.17, 15) is 4.79 Å². The second kappa shape index (κ2) is 12.3. The van der Waals surface area contributed by atoms with Gasteiger partial charge in [0.2, 0.25) is 6.41 Å². The molecule has 0 N–H and O–H groups in total. The fourth-order valence-electron chi connectivity index (χ4n) is 1.28. The van der Waals surface area contributed by atoms with Gasteiger partial charge < -0.3 is 24.2 Å². The van der Waals surface area contributed by atoms with Gasteiger partial charge in [-0.05, 0) is 28.2 Å². The van der Waals surface area contributed by atoms with E-state index in [1.54, 1.807) is 4.90 Å². The lowest BCUT2D eigenvalue weighted by Gasteiger charge is -2.18. The molecule has 1 amide bonds. The van der Waals surface area contributed by atoms with Crippen LogP contribution in [0.5, 0.6) is 0 Å². The van der Waals surface area contributed by atoms with E-state index >= 15 is 0 Å². The largest absolute Gasteiger partial charge is 0.378 e. The number of carbonyl (C=O) groups is 1. The van der Waals surface area contributed by atoms with Gasteiger partial charge in [-0.1, -0.05) is 0 Å². The van der Waals surface area contributed by atoms with Crippen molar-refractivity contribution >= 4 is 6.41 Å². The monoisotopic (exact) mass is 275 g/mol. The van der Waals surface area contributed by atoms with E-state index in [4.69, 9.17) is 9.47 Å². The lowest BCUT2D eigenvalue weighted by Crippen LogP contribution is -2.31. The highest BCUT2D eigenvalue weighted by atomic mass is 16.5. The first-order chi connectivity index (χ1) is 9.06. The summed E-state index contributed by atoms with van der Waals surface area (Å²) in [5, 5.41) is 0. The van der Waals surface area contributed by atoms with Gasteiger partial charge in [0.15, 0.2) is 0 Å². The SMILES string of the molecule is CN(C)CCOCCN(C=O)CCOCCN(C)C. The van der Waals surface area contributed by atoms with Gasteiger partial charge in [0.1, 0.15) is 0 Å². The highest BCUT2D eigenvalue weighted by Gasteiger charge is 2.01. The molecule has 0 aromatic heterocycles. The molecule has 0 aromatic carbocycles.